The Morgan fingerprint density at radius 3 is 2.75 bits per heavy atom. The van der Waals surface area contributed by atoms with E-state index >= 15 is 0 Å². The molecule has 0 radical (unpaired) electrons. The Balaban J connectivity index is 1.62. The molecule has 3 heterocycles. The van der Waals surface area contributed by atoms with E-state index in [-0.39, 0.29) is 5.95 Å². The van der Waals surface area contributed by atoms with Crippen molar-refractivity contribution in [1.29, 1.82) is 0 Å². The molecular formula is C24H22ClN7. The minimum atomic E-state index is 0.167. The van der Waals surface area contributed by atoms with Gasteiger partial charge in [-0.1, -0.05) is 55.8 Å². The first-order valence-electron chi connectivity index (χ1n) is 10.4. The van der Waals surface area contributed by atoms with Gasteiger partial charge in [-0.2, -0.15) is 9.97 Å². The van der Waals surface area contributed by atoms with Gasteiger partial charge in [0, 0.05) is 17.5 Å². The molecule has 0 bridgehead atoms. The standard InChI is InChI=1S/C24H22ClN7/c1-13(2)14-5-3-6-15(9-14)19-17(10-16-7-4-8-18(25)20(16)30-19)11-27-22-21-23(29-12-28-21)32-24(26)31-22/h3-10,12-13H,11H2,1-2H3,(H4,26,27,28,29,31,32). The Kier molecular flexibility index (Phi) is 5.11. The predicted octanol–water partition coefficient (Wildman–Crippen LogP) is 5.54. The number of nitrogens with two attached hydrogens (primary N) is 1. The van der Waals surface area contributed by atoms with Crippen LogP contribution in [0.15, 0.2) is 54.9 Å². The highest BCUT2D eigenvalue weighted by atomic mass is 35.5. The van der Waals surface area contributed by atoms with Crippen LogP contribution >= 0.6 is 11.6 Å². The molecule has 8 heteroatoms. The number of aromatic amines is 1. The molecular weight excluding hydrogens is 422 g/mol. The van der Waals surface area contributed by atoms with Crippen molar-refractivity contribution in [3.05, 3.63) is 71.0 Å². The van der Waals surface area contributed by atoms with E-state index in [4.69, 9.17) is 22.3 Å². The average molecular weight is 444 g/mol. The summed E-state index contributed by atoms with van der Waals surface area (Å²) in [5.74, 6) is 1.18. The highest BCUT2D eigenvalue weighted by Gasteiger charge is 2.14. The number of nitrogen functional groups attached to an aromatic ring is 1. The smallest absolute Gasteiger partial charge is 0.224 e. The maximum atomic E-state index is 6.47. The van der Waals surface area contributed by atoms with Crippen molar-refractivity contribution in [2.75, 3.05) is 11.1 Å². The van der Waals surface area contributed by atoms with E-state index in [1.807, 2.05) is 18.2 Å². The monoisotopic (exact) mass is 443 g/mol. The van der Waals surface area contributed by atoms with Crippen molar-refractivity contribution >= 4 is 45.4 Å². The molecule has 0 amide bonds. The Labute approximate surface area is 190 Å². The van der Waals surface area contributed by atoms with E-state index in [2.05, 4.69) is 69.4 Å². The number of para-hydroxylation sites is 1. The van der Waals surface area contributed by atoms with Gasteiger partial charge in [0.25, 0.3) is 0 Å². The predicted molar refractivity (Wildman–Crippen MR) is 130 cm³/mol. The number of nitrogens with one attached hydrogen (secondary N) is 2. The second-order valence-corrected chi connectivity index (χ2v) is 8.38. The molecule has 0 unspecified atom stereocenters. The number of H-pyrrole nitrogens is 1. The summed E-state index contributed by atoms with van der Waals surface area (Å²) in [6.45, 7) is 4.85. The number of imidazole rings is 1. The Bertz CT molecular complexity index is 1440. The molecule has 0 aliphatic carbocycles. The lowest BCUT2D eigenvalue weighted by atomic mass is 9.97. The molecule has 0 atom stereocenters. The number of hydrogen-bond donors (Lipinski definition) is 3. The van der Waals surface area contributed by atoms with E-state index in [9.17, 15) is 0 Å². The Morgan fingerprint density at radius 2 is 1.91 bits per heavy atom. The highest BCUT2D eigenvalue weighted by molar-refractivity contribution is 6.35. The van der Waals surface area contributed by atoms with Crippen LogP contribution in [-0.4, -0.2) is 24.9 Å². The fourth-order valence-corrected chi connectivity index (χ4v) is 4.02. The molecule has 0 aliphatic rings. The summed E-state index contributed by atoms with van der Waals surface area (Å²) >= 11 is 6.47. The molecule has 7 nitrogen and oxygen atoms in total. The van der Waals surface area contributed by atoms with Gasteiger partial charge in [0.1, 0.15) is 5.52 Å². The lowest BCUT2D eigenvalue weighted by Crippen LogP contribution is -2.07. The van der Waals surface area contributed by atoms with Crippen molar-refractivity contribution < 1.29 is 0 Å². The van der Waals surface area contributed by atoms with Gasteiger partial charge in [0.2, 0.25) is 5.95 Å². The molecule has 5 aromatic rings. The SMILES string of the molecule is CC(C)c1cccc(-c2nc3c(Cl)cccc3cc2CNc2nc(N)nc3nc[nH]c23)c1. The topological polar surface area (TPSA) is 105 Å². The van der Waals surface area contributed by atoms with Crippen molar-refractivity contribution in [2.45, 2.75) is 26.3 Å². The van der Waals surface area contributed by atoms with Crippen LogP contribution in [-0.2, 0) is 6.54 Å². The number of rotatable bonds is 5. The summed E-state index contributed by atoms with van der Waals surface area (Å²) in [5, 5.41) is 4.99. The summed E-state index contributed by atoms with van der Waals surface area (Å²) < 4.78 is 0. The first-order valence-corrected chi connectivity index (χ1v) is 10.8. The van der Waals surface area contributed by atoms with Gasteiger partial charge in [-0.05, 0) is 35.2 Å². The third kappa shape index (κ3) is 3.71. The molecule has 3 aromatic heterocycles. The van der Waals surface area contributed by atoms with Crippen LogP contribution in [0.1, 0.15) is 30.9 Å². The van der Waals surface area contributed by atoms with Crippen LogP contribution in [0.25, 0.3) is 33.3 Å². The summed E-state index contributed by atoms with van der Waals surface area (Å²) in [6, 6.07) is 16.4. The highest BCUT2D eigenvalue weighted by Crippen LogP contribution is 2.31. The number of pyridine rings is 1. The van der Waals surface area contributed by atoms with E-state index in [0.29, 0.717) is 34.5 Å². The van der Waals surface area contributed by atoms with Gasteiger partial charge in [-0.3, -0.25) is 0 Å². The number of aromatic nitrogens is 5. The fourth-order valence-electron chi connectivity index (χ4n) is 3.79. The van der Waals surface area contributed by atoms with Crippen LogP contribution in [0.5, 0.6) is 0 Å². The molecule has 5 rings (SSSR count). The number of fused-ring (bicyclic) bond motifs is 2. The minimum Gasteiger partial charge on any atom is -0.368 e. The molecule has 0 saturated carbocycles. The van der Waals surface area contributed by atoms with E-state index < -0.39 is 0 Å². The number of nitrogens with zero attached hydrogens (tertiary/aromatic N) is 4. The van der Waals surface area contributed by atoms with Gasteiger partial charge in [-0.15, -0.1) is 0 Å². The molecule has 4 N–H and O–H groups in total. The second kappa shape index (κ2) is 8.09. The third-order valence-electron chi connectivity index (χ3n) is 5.45. The van der Waals surface area contributed by atoms with E-state index in [0.717, 1.165) is 27.7 Å². The number of halogens is 1. The van der Waals surface area contributed by atoms with E-state index in [1.165, 1.54) is 5.56 Å². The normalized spacial score (nSPS) is 11.5. The molecule has 0 saturated heterocycles. The van der Waals surface area contributed by atoms with Crippen LogP contribution < -0.4 is 11.1 Å². The summed E-state index contributed by atoms with van der Waals surface area (Å²) in [6.07, 6.45) is 1.58. The van der Waals surface area contributed by atoms with Crippen LogP contribution in [0.4, 0.5) is 11.8 Å². The summed E-state index contributed by atoms with van der Waals surface area (Å²) in [5.41, 5.74) is 12.1. The second-order valence-electron chi connectivity index (χ2n) is 7.97. The van der Waals surface area contributed by atoms with Crippen LogP contribution in [0, 0.1) is 0 Å². The largest absolute Gasteiger partial charge is 0.368 e. The first kappa shape index (κ1) is 20.2. The molecule has 0 fully saturated rings. The molecule has 2 aromatic carbocycles. The zero-order chi connectivity index (χ0) is 22.2. The average Bonchev–Trinajstić information content (AvgIpc) is 3.26. The van der Waals surface area contributed by atoms with Gasteiger partial charge < -0.3 is 16.0 Å². The lowest BCUT2D eigenvalue weighted by Gasteiger charge is -2.15. The van der Waals surface area contributed by atoms with Crippen molar-refractivity contribution in [1.82, 2.24) is 24.9 Å². The van der Waals surface area contributed by atoms with Gasteiger partial charge >= 0.3 is 0 Å². The Morgan fingerprint density at radius 1 is 1.06 bits per heavy atom. The number of hydrogen-bond acceptors (Lipinski definition) is 6. The van der Waals surface area contributed by atoms with Gasteiger partial charge in [0.05, 0.1) is 22.6 Å². The zero-order valence-corrected chi connectivity index (χ0v) is 18.5. The molecule has 0 spiro atoms. The summed E-state index contributed by atoms with van der Waals surface area (Å²) in [7, 11) is 0. The quantitative estimate of drug-likeness (QED) is 0.329. The van der Waals surface area contributed by atoms with Crippen LogP contribution in [0.2, 0.25) is 5.02 Å². The van der Waals surface area contributed by atoms with Crippen molar-refractivity contribution in [2.24, 2.45) is 0 Å². The molecule has 0 aliphatic heterocycles. The van der Waals surface area contributed by atoms with Gasteiger partial charge in [-0.25, -0.2) is 9.97 Å². The first-order chi connectivity index (χ1) is 15.5. The van der Waals surface area contributed by atoms with Crippen LogP contribution in [0.3, 0.4) is 0 Å². The lowest BCUT2D eigenvalue weighted by molar-refractivity contribution is 0.867. The number of anilines is 2. The minimum absolute atomic E-state index is 0.167. The number of benzene rings is 2. The Hall–Kier alpha value is -3.71. The maximum Gasteiger partial charge on any atom is 0.224 e. The summed E-state index contributed by atoms with van der Waals surface area (Å²) in [4.78, 5) is 20.7. The van der Waals surface area contributed by atoms with Crippen molar-refractivity contribution in [3.63, 3.8) is 0 Å². The zero-order valence-electron chi connectivity index (χ0n) is 17.7. The third-order valence-corrected chi connectivity index (χ3v) is 5.76. The van der Waals surface area contributed by atoms with E-state index in [1.54, 1.807) is 6.33 Å². The van der Waals surface area contributed by atoms with Crippen molar-refractivity contribution in [3.8, 4) is 11.3 Å². The molecule has 160 valence electrons. The fraction of sp³-hybridized carbons (Fsp3) is 0.167. The maximum absolute atomic E-state index is 6.47. The van der Waals surface area contributed by atoms with Gasteiger partial charge in [0.15, 0.2) is 11.5 Å². The molecule has 32 heavy (non-hydrogen) atoms.